The minimum atomic E-state index is -0.946. The minimum absolute atomic E-state index is 0.197. The van der Waals surface area contributed by atoms with E-state index in [0.717, 1.165) is 33.1 Å². The fourth-order valence-electron chi connectivity index (χ4n) is 5.68. The van der Waals surface area contributed by atoms with Gasteiger partial charge in [-0.05, 0) is 60.9 Å². The molecule has 3 aromatic carbocycles. The van der Waals surface area contributed by atoms with Gasteiger partial charge in [-0.25, -0.2) is 4.79 Å². The van der Waals surface area contributed by atoms with Crippen LogP contribution in [0, 0.1) is 6.92 Å². The topological polar surface area (TPSA) is 165 Å². The van der Waals surface area contributed by atoms with Crippen molar-refractivity contribution in [2.75, 3.05) is 0 Å². The Morgan fingerprint density at radius 2 is 1.71 bits per heavy atom. The van der Waals surface area contributed by atoms with Gasteiger partial charge in [0.25, 0.3) is 5.91 Å². The van der Waals surface area contributed by atoms with Gasteiger partial charge >= 0.3 is 5.97 Å². The van der Waals surface area contributed by atoms with E-state index in [2.05, 4.69) is 30.7 Å². The van der Waals surface area contributed by atoms with Crippen molar-refractivity contribution in [2.45, 2.75) is 31.8 Å². The fraction of sp³-hybridized carbons (Fsp3) is 0.132. The number of amides is 2. The lowest BCUT2D eigenvalue weighted by molar-refractivity contribution is -0.124. The Labute approximate surface area is 296 Å². The molecule has 8 rings (SSSR count). The molecule has 254 valence electrons. The molecule has 0 radical (unpaired) electrons. The number of nitrogens with one attached hydrogen (secondary N) is 2. The molecule has 0 aliphatic heterocycles. The van der Waals surface area contributed by atoms with E-state index in [4.69, 9.17) is 21.2 Å². The molecule has 7 aromatic rings. The van der Waals surface area contributed by atoms with Crippen LogP contribution in [0.1, 0.15) is 45.0 Å². The molecule has 0 unspecified atom stereocenters. The normalized spacial score (nSPS) is 12.9. The second-order valence-electron chi connectivity index (χ2n) is 12.0. The number of rotatable bonds is 8. The lowest BCUT2D eigenvalue weighted by Crippen LogP contribution is -2.48. The van der Waals surface area contributed by atoms with Gasteiger partial charge in [-0.2, -0.15) is 4.98 Å². The molecule has 51 heavy (non-hydrogen) atoms. The highest BCUT2D eigenvalue weighted by Gasteiger charge is 2.51. The Bertz CT molecular complexity index is 2400. The van der Waals surface area contributed by atoms with E-state index in [1.54, 1.807) is 31.3 Å². The maximum Gasteiger partial charge on any atom is 0.337 e. The van der Waals surface area contributed by atoms with Crippen LogP contribution in [0.25, 0.3) is 39.0 Å². The molecule has 4 heterocycles. The summed E-state index contributed by atoms with van der Waals surface area (Å²) in [6.07, 6.45) is 5.65. The van der Waals surface area contributed by atoms with Crippen LogP contribution < -0.4 is 10.6 Å². The summed E-state index contributed by atoms with van der Waals surface area (Å²) >= 11 is 6.77. The Morgan fingerprint density at radius 1 is 0.941 bits per heavy atom. The molecule has 1 fully saturated rings. The molecule has 0 saturated heterocycles. The quantitative estimate of drug-likeness (QED) is 0.159. The van der Waals surface area contributed by atoms with Crippen LogP contribution in [-0.4, -0.2) is 53.1 Å². The molecular formula is C38H30ClN7O5. The Kier molecular flexibility index (Phi) is 8.99. The number of benzene rings is 3. The zero-order chi connectivity index (χ0) is 35.5. The highest BCUT2D eigenvalue weighted by molar-refractivity contribution is 6.38. The largest absolute Gasteiger partial charge is 0.478 e. The van der Waals surface area contributed by atoms with E-state index in [1.807, 2.05) is 77.4 Å². The summed E-state index contributed by atoms with van der Waals surface area (Å²) in [7, 11) is 0. The number of nitrogens with zero attached hydrogens (tertiary/aromatic N) is 5. The van der Waals surface area contributed by atoms with Crippen LogP contribution in [-0.2, 0) is 11.3 Å². The number of carbonyl (C=O) groups is 3. The number of halogens is 1. The summed E-state index contributed by atoms with van der Waals surface area (Å²) in [5, 5.41) is 20.9. The van der Waals surface area contributed by atoms with E-state index in [-0.39, 0.29) is 17.4 Å². The van der Waals surface area contributed by atoms with Crippen LogP contribution in [0.3, 0.4) is 0 Å². The fourth-order valence-corrected chi connectivity index (χ4v) is 6.01. The molecule has 4 aromatic heterocycles. The number of aryl methyl sites for hydroxylation is 1. The summed E-state index contributed by atoms with van der Waals surface area (Å²) in [4.78, 5) is 48.4. The first-order valence-electron chi connectivity index (χ1n) is 16.0. The predicted octanol–water partition coefficient (Wildman–Crippen LogP) is 6.55. The summed E-state index contributed by atoms with van der Waals surface area (Å²) in [5.74, 6) is -0.595. The monoisotopic (exact) mass is 699 g/mol. The second-order valence-corrected chi connectivity index (χ2v) is 12.4. The van der Waals surface area contributed by atoms with Gasteiger partial charge in [0.05, 0.1) is 27.2 Å². The van der Waals surface area contributed by atoms with Gasteiger partial charge in [-0.15, -0.1) is 0 Å². The Balaban J connectivity index is 0.000000262. The smallest absolute Gasteiger partial charge is 0.337 e. The molecule has 12 nitrogen and oxygen atoms in total. The number of hydrogen-bond donors (Lipinski definition) is 3. The van der Waals surface area contributed by atoms with Crippen molar-refractivity contribution in [1.82, 2.24) is 35.3 Å². The van der Waals surface area contributed by atoms with Gasteiger partial charge < -0.3 is 24.8 Å². The lowest BCUT2D eigenvalue weighted by Gasteiger charge is -2.17. The standard InChI is InChI=1S/C28H23ClN6O3.C10H7NO2/c1-17-32-25(34-38-17)24-23(29)21-6-2-3-7-22(21)35(24)20-10-8-18(9-11-20)15-31-27(37)28(12-13-28)33-26(36)19-5-4-14-30-16-19;12-10(13)8-5-7-3-1-2-4-9(7)11-6-8/h2-11,14,16H,12-13,15H2,1H3,(H,31,37)(H,33,36);1-6H,(H,12,13). The number of para-hydroxylation sites is 2. The first kappa shape index (κ1) is 33.1. The summed E-state index contributed by atoms with van der Waals surface area (Å²) in [6, 6.07) is 28.0. The number of carbonyl (C=O) groups excluding carboxylic acids is 2. The molecule has 1 aliphatic carbocycles. The number of carboxylic acid groups (broad SMARTS) is 1. The SMILES string of the molecule is Cc1nc(-c2c(Cl)c3ccccc3n2-c2ccc(CNC(=O)C3(NC(=O)c4cccnc4)CC3)cc2)no1.O=C(O)c1cnc2ccccc2c1. The third kappa shape index (κ3) is 6.90. The number of aromatic carboxylic acids is 1. The van der Waals surface area contributed by atoms with Crippen molar-refractivity contribution >= 4 is 51.2 Å². The van der Waals surface area contributed by atoms with Crippen molar-refractivity contribution in [3.8, 4) is 17.2 Å². The van der Waals surface area contributed by atoms with Crippen molar-refractivity contribution in [2.24, 2.45) is 0 Å². The Hall–Kier alpha value is -6.40. The molecule has 13 heteroatoms. The van der Waals surface area contributed by atoms with Crippen LogP contribution >= 0.6 is 11.6 Å². The summed E-state index contributed by atoms with van der Waals surface area (Å²) < 4.78 is 7.21. The first-order chi connectivity index (χ1) is 24.7. The highest BCUT2D eigenvalue weighted by Crippen LogP contribution is 2.39. The van der Waals surface area contributed by atoms with Crippen molar-refractivity contribution in [3.05, 3.63) is 137 Å². The van der Waals surface area contributed by atoms with Gasteiger partial charge in [0, 0.05) is 48.5 Å². The summed E-state index contributed by atoms with van der Waals surface area (Å²) in [6.45, 7) is 2.06. The number of hydrogen-bond acceptors (Lipinski definition) is 8. The van der Waals surface area contributed by atoms with Crippen LogP contribution in [0.2, 0.25) is 5.02 Å². The van der Waals surface area contributed by atoms with Gasteiger partial charge in [0.1, 0.15) is 11.2 Å². The average Bonchev–Trinajstić information content (AvgIpc) is 3.72. The van der Waals surface area contributed by atoms with Crippen molar-refractivity contribution in [3.63, 3.8) is 0 Å². The maximum absolute atomic E-state index is 12.9. The van der Waals surface area contributed by atoms with Crippen LogP contribution in [0.5, 0.6) is 0 Å². The van der Waals surface area contributed by atoms with E-state index in [1.165, 1.54) is 12.4 Å². The number of fused-ring (bicyclic) bond motifs is 2. The Morgan fingerprint density at radius 3 is 2.41 bits per heavy atom. The average molecular weight is 700 g/mol. The minimum Gasteiger partial charge on any atom is -0.478 e. The maximum atomic E-state index is 12.9. The van der Waals surface area contributed by atoms with Gasteiger partial charge in [0.15, 0.2) is 0 Å². The van der Waals surface area contributed by atoms with E-state index in [0.29, 0.717) is 47.4 Å². The van der Waals surface area contributed by atoms with E-state index in [9.17, 15) is 14.4 Å². The molecule has 0 bridgehead atoms. The third-order valence-corrected chi connectivity index (χ3v) is 8.88. The molecule has 1 aliphatic rings. The van der Waals surface area contributed by atoms with Crippen molar-refractivity contribution in [1.29, 1.82) is 0 Å². The van der Waals surface area contributed by atoms with Crippen molar-refractivity contribution < 1.29 is 24.0 Å². The molecule has 0 atom stereocenters. The second kappa shape index (κ2) is 13.8. The number of carboxylic acids is 1. The third-order valence-electron chi connectivity index (χ3n) is 8.50. The van der Waals surface area contributed by atoms with Crippen LogP contribution in [0.15, 0.2) is 114 Å². The van der Waals surface area contributed by atoms with E-state index >= 15 is 0 Å². The molecule has 2 amide bonds. The summed E-state index contributed by atoms with van der Waals surface area (Å²) in [5.41, 5.74) is 3.92. The first-order valence-corrected chi connectivity index (χ1v) is 16.4. The zero-order valence-corrected chi connectivity index (χ0v) is 28.0. The van der Waals surface area contributed by atoms with E-state index < -0.39 is 11.5 Å². The van der Waals surface area contributed by atoms with Crippen LogP contribution in [0.4, 0.5) is 0 Å². The van der Waals surface area contributed by atoms with Gasteiger partial charge in [-0.1, -0.05) is 65.3 Å². The molecule has 3 N–H and O–H groups in total. The highest BCUT2D eigenvalue weighted by atomic mass is 35.5. The number of aromatic nitrogens is 5. The molecule has 0 spiro atoms. The lowest BCUT2D eigenvalue weighted by atomic mass is 10.1. The van der Waals surface area contributed by atoms with Gasteiger partial charge in [0.2, 0.25) is 17.6 Å². The molecule has 1 saturated carbocycles. The zero-order valence-electron chi connectivity index (χ0n) is 27.2. The predicted molar refractivity (Wildman–Crippen MR) is 191 cm³/mol. The van der Waals surface area contributed by atoms with Gasteiger partial charge in [-0.3, -0.25) is 19.6 Å². The molecular weight excluding hydrogens is 670 g/mol. The number of pyridine rings is 2.